The Bertz CT molecular complexity index is 563. The number of hydrogen-bond acceptors (Lipinski definition) is 2. The molecule has 0 saturated carbocycles. The third-order valence-corrected chi connectivity index (χ3v) is 3.23. The van der Waals surface area contributed by atoms with Crippen LogP contribution in [0.3, 0.4) is 0 Å². The lowest BCUT2D eigenvalue weighted by Gasteiger charge is -2.06. The highest BCUT2D eigenvalue weighted by Gasteiger charge is 2.17. The van der Waals surface area contributed by atoms with Crippen molar-refractivity contribution in [3.05, 3.63) is 39.9 Å². The summed E-state index contributed by atoms with van der Waals surface area (Å²) in [6.45, 7) is 2.19. The summed E-state index contributed by atoms with van der Waals surface area (Å²) in [5, 5.41) is 4.28. The smallest absolute Gasteiger partial charge is 0.131 e. The molecule has 0 bridgehead atoms. The molecule has 0 aliphatic heterocycles. The zero-order valence-corrected chi connectivity index (χ0v) is 11.3. The number of aromatic nitrogens is 2. The number of nitrogens with two attached hydrogens (primary N) is 1. The Balaban J connectivity index is 2.71. The van der Waals surface area contributed by atoms with Crippen LogP contribution in [0.1, 0.15) is 11.4 Å². The van der Waals surface area contributed by atoms with Crippen molar-refractivity contribution in [3.8, 4) is 11.1 Å². The molecule has 0 atom stereocenters. The van der Waals surface area contributed by atoms with E-state index in [1.165, 1.54) is 6.07 Å². The normalized spacial score (nSPS) is 10.9. The molecule has 0 aliphatic rings. The Morgan fingerprint density at radius 3 is 2.82 bits per heavy atom. The second-order valence-corrected chi connectivity index (χ2v) is 4.77. The van der Waals surface area contributed by atoms with Gasteiger partial charge in [-0.1, -0.05) is 15.9 Å². The van der Waals surface area contributed by atoms with Gasteiger partial charge >= 0.3 is 0 Å². The van der Waals surface area contributed by atoms with Crippen LogP contribution < -0.4 is 5.73 Å². The highest BCUT2D eigenvalue weighted by atomic mass is 79.9. The van der Waals surface area contributed by atoms with Crippen molar-refractivity contribution >= 4 is 15.9 Å². The molecule has 1 heterocycles. The molecule has 5 heteroatoms. The van der Waals surface area contributed by atoms with Crippen molar-refractivity contribution < 1.29 is 4.39 Å². The average molecular weight is 298 g/mol. The molecule has 90 valence electrons. The Hall–Kier alpha value is -1.20. The van der Waals surface area contributed by atoms with Crippen molar-refractivity contribution in [2.24, 2.45) is 12.8 Å². The average Bonchev–Trinajstić information content (AvgIpc) is 2.56. The lowest BCUT2D eigenvalue weighted by molar-refractivity contribution is 0.630. The number of nitrogens with zero attached hydrogens (tertiary/aromatic N) is 2. The van der Waals surface area contributed by atoms with E-state index in [1.54, 1.807) is 16.8 Å². The highest BCUT2D eigenvalue weighted by Crippen LogP contribution is 2.31. The van der Waals surface area contributed by atoms with E-state index in [1.807, 2.05) is 14.0 Å². The molecule has 1 aromatic carbocycles. The molecular formula is C12H13BrFN3. The molecule has 2 rings (SSSR count). The first-order chi connectivity index (χ1) is 8.04. The summed E-state index contributed by atoms with van der Waals surface area (Å²) in [5.41, 5.74) is 8.63. The van der Waals surface area contributed by atoms with Crippen LogP contribution in [0.25, 0.3) is 11.1 Å². The monoisotopic (exact) mass is 297 g/mol. The lowest BCUT2D eigenvalue weighted by atomic mass is 10.0. The van der Waals surface area contributed by atoms with Crippen LogP contribution in [0.5, 0.6) is 0 Å². The Morgan fingerprint density at radius 1 is 1.47 bits per heavy atom. The molecule has 3 nitrogen and oxygen atoms in total. The van der Waals surface area contributed by atoms with E-state index in [0.717, 1.165) is 21.4 Å². The molecule has 0 spiro atoms. The maximum atomic E-state index is 13.9. The number of hydrogen-bond donors (Lipinski definition) is 1. The Labute approximate surface area is 108 Å². The third-order valence-electron chi connectivity index (χ3n) is 2.73. The second-order valence-electron chi connectivity index (χ2n) is 3.86. The topological polar surface area (TPSA) is 43.8 Å². The van der Waals surface area contributed by atoms with Gasteiger partial charge in [-0.05, 0) is 25.1 Å². The van der Waals surface area contributed by atoms with E-state index >= 15 is 0 Å². The number of benzene rings is 1. The first-order valence-electron chi connectivity index (χ1n) is 5.22. The molecule has 1 aromatic heterocycles. The van der Waals surface area contributed by atoms with Crippen LogP contribution in [-0.4, -0.2) is 9.78 Å². The van der Waals surface area contributed by atoms with Crippen molar-refractivity contribution in [2.45, 2.75) is 13.5 Å². The summed E-state index contributed by atoms with van der Waals surface area (Å²) in [6, 6.07) is 4.86. The maximum absolute atomic E-state index is 13.9. The Morgan fingerprint density at radius 2 is 2.18 bits per heavy atom. The fraction of sp³-hybridized carbons (Fsp3) is 0.250. The number of aryl methyl sites for hydroxylation is 2. The minimum Gasteiger partial charge on any atom is -0.325 e. The summed E-state index contributed by atoms with van der Waals surface area (Å²) in [5.74, 6) is -0.265. The SMILES string of the molecule is Cc1nn(C)c(CN)c1-c1cc(Br)ccc1F. The molecule has 0 radical (unpaired) electrons. The first-order valence-corrected chi connectivity index (χ1v) is 6.02. The van der Waals surface area contributed by atoms with Gasteiger partial charge in [0.15, 0.2) is 0 Å². The summed E-state index contributed by atoms with van der Waals surface area (Å²) in [4.78, 5) is 0. The number of halogens is 2. The van der Waals surface area contributed by atoms with Gasteiger partial charge in [0, 0.05) is 29.2 Å². The van der Waals surface area contributed by atoms with Gasteiger partial charge in [0.2, 0.25) is 0 Å². The van der Waals surface area contributed by atoms with E-state index in [0.29, 0.717) is 12.1 Å². The summed E-state index contributed by atoms with van der Waals surface area (Å²) in [7, 11) is 1.81. The molecule has 17 heavy (non-hydrogen) atoms. The summed E-state index contributed by atoms with van der Waals surface area (Å²) < 4.78 is 16.4. The van der Waals surface area contributed by atoms with E-state index in [-0.39, 0.29) is 5.82 Å². The van der Waals surface area contributed by atoms with Gasteiger partial charge in [0.25, 0.3) is 0 Å². The van der Waals surface area contributed by atoms with Crippen molar-refractivity contribution in [1.82, 2.24) is 9.78 Å². The van der Waals surface area contributed by atoms with E-state index in [2.05, 4.69) is 21.0 Å². The molecule has 0 aliphatic carbocycles. The molecule has 0 unspecified atom stereocenters. The molecule has 0 saturated heterocycles. The van der Waals surface area contributed by atoms with Gasteiger partial charge in [-0.15, -0.1) is 0 Å². The van der Waals surface area contributed by atoms with Crippen molar-refractivity contribution in [2.75, 3.05) is 0 Å². The Kier molecular flexibility index (Phi) is 3.31. The minimum atomic E-state index is -0.265. The zero-order valence-electron chi connectivity index (χ0n) is 9.67. The molecule has 2 aromatic rings. The number of rotatable bonds is 2. The summed E-state index contributed by atoms with van der Waals surface area (Å²) >= 11 is 3.35. The van der Waals surface area contributed by atoms with Gasteiger partial charge in [0.05, 0.1) is 11.4 Å². The highest BCUT2D eigenvalue weighted by molar-refractivity contribution is 9.10. The largest absolute Gasteiger partial charge is 0.325 e. The van der Waals surface area contributed by atoms with E-state index in [4.69, 9.17) is 5.73 Å². The van der Waals surface area contributed by atoms with Crippen molar-refractivity contribution in [1.29, 1.82) is 0 Å². The second kappa shape index (κ2) is 4.58. The first kappa shape index (κ1) is 12.3. The fourth-order valence-corrected chi connectivity index (χ4v) is 2.34. The third kappa shape index (κ3) is 2.12. The summed E-state index contributed by atoms with van der Waals surface area (Å²) in [6.07, 6.45) is 0. The van der Waals surface area contributed by atoms with Crippen LogP contribution in [0.15, 0.2) is 22.7 Å². The van der Waals surface area contributed by atoms with Crippen LogP contribution >= 0.6 is 15.9 Å². The molecule has 2 N–H and O–H groups in total. The standard InChI is InChI=1S/C12H13BrFN3/c1-7-12(11(6-15)17(2)16-7)9-5-8(13)3-4-10(9)14/h3-5H,6,15H2,1-2H3. The fourth-order valence-electron chi connectivity index (χ4n) is 1.98. The van der Waals surface area contributed by atoms with E-state index < -0.39 is 0 Å². The predicted molar refractivity (Wildman–Crippen MR) is 68.9 cm³/mol. The van der Waals surface area contributed by atoms with Crippen LogP contribution in [0.4, 0.5) is 4.39 Å². The van der Waals surface area contributed by atoms with Crippen LogP contribution in [0, 0.1) is 12.7 Å². The van der Waals surface area contributed by atoms with Gasteiger partial charge < -0.3 is 5.73 Å². The zero-order chi connectivity index (χ0) is 12.6. The van der Waals surface area contributed by atoms with Crippen LogP contribution in [-0.2, 0) is 13.6 Å². The minimum absolute atomic E-state index is 0.265. The van der Waals surface area contributed by atoms with Gasteiger partial charge in [0.1, 0.15) is 5.82 Å². The van der Waals surface area contributed by atoms with Crippen molar-refractivity contribution in [3.63, 3.8) is 0 Å². The molecule has 0 fully saturated rings. The van der Waals surface area contributed by atoms with Gasteiger partial charge in [-0.3, -0.25) is 4.68 Å². The quantitative estimate of drug-likeness (QED) is 0.926. The lowest BCUT2D eigenvalue weighted by Crippen LogP contribution is -2.05. The van der Waals surface area contributed by atoms with Gasteiger partial charge in [-0.2, -0.15) is 5.10 Å². The van der Waals surface area contributed by atoms with Gasteiger partial charge in [-0.25, -0.2) is 4.39 Å². The molecular weight excluding hydrogens is 285 g/mol. The van der Waals surface area contributed by atoms with E-state index in [9.17, 15) is 4.39 Å². The predicted octanol–water partition coefficient (Wildman–Crippen LogP) is 2.76. The molecule has 0 amide bonds. The maximum Gasteiger partial charge on any atom is 0.131 e. The van der Waals surface area contributed by atoms with Crippen LogP contribution in [0.2, 0.25) is 0 Å².